The van der Waals surface area contributed by atoms with Gasteiger partial charge in [-0.15, -0.1) is 0 Å². The summed E-state index contributed by atoms with van der Waals surface area (Å²) < 4.78 is 5.53. The summed E-state index contributed by atoms with van der Waals surface area (Å²) in [6.45, 7) is 4.44. The van der Waals surface area contributed by atoms with Gasteiger partial charge in [0.15, 0.2) is 0 Å². The highest BCUT2D eigenvalue weighted by Gasteiger charge is 2.58. The molecule has 3 unspecified atom stereocenters. The molecule has 4 aliphatic carbocycles. The van der Waals surface area contributed by atoms with E-state index in [0.717, 1.165) is 31.0 Å². The van der Waals surface area contributed by atoms with Crippen LogP contribution in [0.1, 0.15) is 58.3 Å². The van der Waals surface area contributed by atoms with Crippen LogP contribution in [0, 0.1) is 28.6 Å². The van der Waals surface area contributed by atoms with E-state index in [2.05, 4.69) is 6.92 Å². The smallest absolute Gasteiger partial charge is 0.0469 e. The Hall–Kier alpha value is -0.0800. The normalized spacial score (nSPS) is 51.5. The van der Waals surface area contributed by atoms with Crippen molar-refractivity contribution in [3.63, 3.8) is 0 Å². The van der Waals surface area contributed by atoms with Crippen LogP contribution in [0.2, 0.25) is 0 Å². The Bertz CT molecular complexity index is 346. The van der Waals surface area contributed by atoms with Crippen molar-refractivity contribution in [1.29, 1.82) is 0 Å². The minimum atomic E-state index is 0.446. The third-order valence-corrected chi connectivity index (χ3v) is 6.88. The van der Waals surface area contributed by atoms with Gasteiger partial charge in [-0.1, -0.05) is 6.92 Å². The van der Waals surface area contributed by atoms with Crippen LogP contribution in [0.3, 0.4) is 0 Å². The molecule has 4 bridgehead atoms. The topological polar surface area (TPSA) is 35.2 Å². The summed E-state index contributed by atoms with van der Waals surface area (Å²) in [4.78, 5) is 0. The minimum absolute atomic E-state index is 0.446. The molecule has 1 heterocycles. The lowest BCUT2D eigenvalue weighted by Crippen LogP contribution is -2.59. The van der Waals surface area contributed by atoms with E-state index < -0.39 is 0 Å². The fourth-order valence-corrected chi connectivity index (χ4v) is 6.76. The van der Waals surface area contributed by atoms with Gasteiger partial charge >= 0.3 is 0 Å². The molecule has 0 radical (unpaired) electrons. The van der Waals surface area contributed by atoms with Crippen LogP contribution in [-0.4, -0.2) is 19.3 Å². The van der Waals surface area contributed by atoms with E-state index in [0.29, 0.717) is 16.9 Å². The number of hydrogen-bond acceptors (Lipinski definition) is 2. The van der Waals surface area contributed by atoms with E-state index in [4.69, 9.17) is 10.5 Å². The van der Waals surface area contributed by atoms with Crippen LogP contribution in [0.25, 0.3) is 0 Å². The molecule has 1 saturated heterocycles. The standard InChI is InChI=1S/C17H29NO/c1-16-7-12-6-13(8-16)10-17(9-12,11-16)15(18)14-2-4-19-5-3-14/h12-15H,2-11,18H2,1H3. The zero-order valence-corrected chi connectivity index (χ0v) is 12.4. The Labute approximate surface area is 117 Å². The van der Waals surface area contributed by atoms with Crippen molar-refractivity contribution < 1.29 is 4.74 Å². The molecule has 5 rings (SSSR count). The zero-order valence-electron chi connectivity index (χ0n) is 12.4. The summed E-state index contributed by atoms with van der Waals surface area (Å²) in [5.41, 5.74) is 7.98. The van der Waals surface area contributed by atoms with E-state index in [9.17, 15) is 0 Å². The predicted molar refractivity (Wildman–Crippen MR) is 76.7 cm³/mol. The molecule has 108 valence electrons. The van der Waals surface area contributed by atoms with Gasteiger partial charge in [-0.05, 0) is 80.0 Å². The molecule has 4 saturated carbocycles. The minimum Gasteiger partial charge on any atom is -0.381 e. The summed E-state index contributed by atoms with van der Waals surface area (Å²) in [5.74, 6) is 2.72. The van der Waals surface area contributed by atoms with Crippen LogP contribution >= 0.6 is 0 Å². The Morgan fingerprint density at radius 3 is 2.26 bits per heavy atom. The maximum absolute atomic E-state index is 6.85. The van der Waals surface area contributed by atoms with Crippen LogP contribution in [0.5, 0.6) is 0 Å². The Morgan fingerprint density at radius 1 is 1.05 bits per heavy atom. The lowest BCUT2D eigenvalue weighted by molar-refractivity contribution is -0.125. The van der Waals surface area contributed by atoms with E-state index in [1.165, 1.54) is 51.4 Å². The van der Waals surface area contributed by atoms with E-state index >= 15 is 0 Å². The van der Waals surface area contributed by atoms with Crippen molar-refractivity contribution in [2.45, 2.75) is 64.3 Å². The van der Waals surface area contributed by atoms with Crippen molar-refractivity contribution in [2.24, 2.45) is 34.3 Å². The second-order valence-corrected chi connectivity index (χ2v) is 8.61. The highest BCUT2D eigenvalue weighted by Crippen LogP contribution is 2.66. The highest BCUT2D eigenvalue weighted by molar-refractivity contribution is 5.10. The third-order valence-electron chi connectivity index (χ3n) is 6.88. The second-order valence-electron chi connectivity index (χ2n) is 8.61. The summed E-state index contributed by atoms with van der Waals surface area (Å²) in [6.07, 6.45) is 11.2. The molecule has 3 atom stereocenters. The lowest BCUT2D eigenvalue weighted by Gasteiger charge is -2.64. The van der Waals surface area contributed by atoms with Gasteiger partial charge in [0, 0.05) is 19.3 Å². The molecule has 0 amide bonds. The van der Waals surface area contributed by atoms with Gasteiger partial charge in [-0.2, -0.15) is 0 Å². The molecular formula is C17H29NO. The van der Waals surface area contributed by atoms with Crippen molar-refractivity contribution in [3.8, 4) is 0 Å². The van der Waals surface area contributed by atoms with Crippen molar-refractivity contribution in [3.05, 3.63) is 0 Å². The number of ether oxygens (including phenoxy) is 1. The van der Waals surface area contributed by atoms with Crippen LogP contribution in [0.4, 0.5) is 0 Å². The van der Waals surface area contributed by atoms with Crippen LogP contribution in [0.15, 0.2) is 0 Å². The molecule has 0 spiro atoms. The first-order valence-corrected chi connectivity index (χ1v) is 8.42. The van der Waals surface area contributed by atoms with Gasteiger partial charge in [-0.3, -0.25) is 0 Å². The molecule has 0 aromatic carbocycles. The second kappa shape index (κ2) is 4.21. The summed E-state index contributed by atoms with van der Waals surface area (Å²) in [6, 6.07) is 0.446. The highest BCUT2D eigenvalue weighted by atomic mass is 16.5. The van der Waals surface area contributed by atoms with Gasteiger partial charge in [0.05, 0.1) is 0 Å². The molecule has 19 heavy (non-hydrogen) atoms. The van der Waals surface area contributed by atoms with Crippen LogP contribution < -0.4 is 5.73 Å². The average molecular weight is 263 g/mol. The van der Waals surface area contributed by atoms with Gasteiger partial charge in [0.1, 0.15) is 0 Å². The first-order chi connectivity index (χ1) is 9.09. The predicted octanol–water partition coefficient (Wildman–Crippen LogP) is 3.35. The number of rotatable bonds is 2. The van der Waals surface area contributed by atoms with Crippen molar-refractivity contribution >= 4 is 0 Å². The first-order valence-electron chi connectivity index (χ1n) is 8.42. The molecule has 0 aromatic rings. The quantitative estimate of drug-likeness (QED) is 0.829. The molecule has 2 N–H and O–H groups in total. The Balaban J connectivity index is 1.59. The Kier molecular flexibility index (Phi) is 2.80. The third kappa shape index (κ3) is 1.98. The SMILES string of the molecule is CC12CC3CC(C1)CC(C(N)C1CCOCC1)(C3)C2. The maximum Gasteiger partial charge on any atom is 0.0469 e. The van der Waals surface area contributed by atoms with E-state index in [1.807, 2.05) is 0 Å². The van der Waals surface area contributed by atoms with E-state index in [1.54, 1.807) is 0 Å². The summed E-state index contributed by atoms with van der Waals surface area (Å²) in [7, 11) is 0. The van der Waals surface area contributed by atoms with Crippen molar-refractivity contribution in [2.75, 3.05) is 13.2 Å². The fourth-order valence-electron chi connectivity index (χ4n) is 6.76. The molecule has 5 aliphatic rings. The number of nitrogens with two attached hydrogens (primary N) is 1. The van der Waals surface area contributed by atoms with Gasteiger partial charge < -0.3 is 10.5 Å². The lowest BCUT2D eigenvalue weighted by atomic mass is 9.42. The molecular weight excluding hydrogens is 234 g/mol. The average Bonchev–Trinajstić information content (AvgIpc) is 2.36. The summed E-state index contributed by atoms with van der Waals surface area (Å²) in [5, 5.41) is 0. The first kappa shape index (κ1) is 12.6. The fraction of sp³-hybridized carbons (Fsp3) is 1.00. The maximum atomic E-state index is 6.85. The summed E-state index contributed by atoms with van der Waals surface area (Å²) >= 11 is 0. The largest absolute Gasteiger partial charge is 0.381 e. The molecule has 1 aliphatic heterocycles. The molecule has 2 nitrogen and oxygen atoms in total. The van der Waals surface area contributed by atoms with Gasteiger partial charge in [-0.25, -0.2) is 0 Å². The monoisotopic (exact) mass is 263 g/mol. The van der Waals surface area contributed by atoms with Crippen LogP contribution in [-0.2, 0) is 4.74 Å². The van der Waals surface area contributed by atoms with Gasteiger partial charge in [0.25, 0.3) is 0 Å². The zero-order chi connectivity index (χ0) is 13.1. The Morgan fingerprint density at radius 2 is 1.68 bits per heavy atom. The molecule has 2 heteroatoms. The molecule has 0 aromatic heterocycles. The van der Waals surface area contributed by atoms with Crippen molar-refractivity contribution in [1.82, 2.24) is 0 Å². The van der Waals surface area contributed by atoms with Gasteiger partial charge in [0.2, 0.25) is 0 Å². The molecule has 5 fully saturated rings. The van der Waals surface area contributed by atoms with E-state index in [-0.39, 0.29) is 0 Å². The number of hydrogen-bond donors (Lipinski definition) is 1.